The number of ether oxygens (including phenoxy) is 6. The minimum atomic E-state index is -1.39. The molecule has 1 aromatic heterocycles. The number of nitrogens with one attached hydrogen (secondary N) is 1. The number of hydrogen-bond donors (Lipinski definition) is 1. The summed E-state index contributed by atoms with van der Waals surface area (Å²) in [6.45, 7) is 13.0. The lowest BCUT2D eigenvalue weighted by Crippen LogP contribution is -2.58. The molecule has 5 rings (SSSR count). The van der Waals surface area contributed by atoms with Crippen LogP contribution in [0.2, 0.25) is 0 Å². The van der Waals surface area contributed by atoms with Gasteiger partial charge in [0.1, 0.15) is 23.9 Å². The first-order valence-electron chi connectivity index (χ1n) is 18.7. The predicted octanol–water partition coefficient (Wildman–Crippen LogP) is 6.10. The fourth-order valence-corrected chi connectivity index (χ4v) is 8.33. The second-order valence-electron chi connectivity index (χ2n) is 15.6. The number of pyridine rings is 1. The van der Waals surface area contributed by atoms with Crippen molar-refractivity contribution in [1.29, 1.82) is 0 Å². The van der Waals surface area contributed by atoms with Crippen LogP contribution in [0.25, 0.3) is 10.9 Å². The number of alkyl carbamates (subject to hydrolysis) is 1. The van der Waals surface area contributed by atoms with E-state index in [4.69, 9.17) is 28.4 Å². The first-order valence-corrected chi connectivity index (χ1v) is 18.7. The largest absolute Gasteiger partial charge is 0.457 e. The number of aromatic nitrogens is 1. The molecule has 0 spiro atoms. The van der Waals surface area contributed by atoms with Crippen LogP contribution < -0.4 is 5.32 Å². The number of fused-ring (bicyclic) bond motifs is 2. The van der Waals surface area contributed by atoms with E-state index < -0.39 is 77.4 Å². The van der Waals surface area contributed by atoms with Gasteiger partial charge in [0.15, 0.2) is 11.4 Å². The molecule has 0 bridgehead atoms. The van der Waals surface area contributed by atoms with Crippen molar-refractivity contribution in [2.45, 2.75) is 142 Å². The van der Waals surface area contributed by atoms with Crippen LogP contribution in [0.4, 0.5) is 4.79 Å². The Morgan fingerprint density at radius 2 is 1.62 bits per heavy atom. The highest BCUT2D eigenvalue weighted by Gasteiger charge is 2.57. The number of unbranched alkanes of at least 4 members (excludes halogenated alkanes) is 1. The summed E-state index contributed by atoms with van der Waals surface area (Å²) in [6.07, 6.45) is 2.24. The number of benzene rings is 1. The monoisotopic (exact) mass is 724 g/mol. The van der Waals surface area contributed by atoms with Crippen molar-refractivity contribution in [3.05, 3.63) is 42.1 Å². The van der Waals surface area contributed by atoms with Crippen molar-refractivity contribution in [3.8, 4) is 0 Å². The van der Waals surface area contributed by atoms with Crippen molar-refractivity contribution in [2.24, 2.45) is 23.7 Å². The van der Waals surface area contributed by atoms with E-state index in [9.17, 15) is 19.2 Å². The highest BCUT2D eigenvalue weighted by molar-refractivity contribution is 6.00. The van der Waals surface area contributed by atoms with Crippen LogP contribution in [0, 0.1) is 23.7 Å². The Morgan fingerprint density at radius 1 is 0.923 bits per heavy atom. The van der Waals surface area contributed by atoms with E-state index in [2.05, 4.69) is 16.4 Å². The van der Waals surface area contributed by atoms with Crippen molar-refractivity contribution in [2.75, 3.05) is 7.11 Å². The molecular weight excluding hydrogens is 668 g/mol. The van der Waals surface area contributed by atoms with Crippen LogP contribution in [-0.2, 0) is 49.2 Å². The minimum Gasteiger partial charge on any atom is -0.457 e. The zero-order valence-electron chi connectivity index (χ0n) is 32.0. The molecule has 0 radical (unpaired) electrons. The predicted molar refractivity (Wildman–Crippen MR) is 192 cm³/mol. The van der Waals surface area contributed by atoms with Gasteiger partial charge in [-0.3, -0.25) is 19.4 Å². The van der Waals surface area contributed by atoms with Gasteiger partial charge in [-0.25, -0.2) is 4.79 Å². The molecule has 1 N–H and O–H groups in total. The Balaban J connectivity index is 1.43. The summed E-state index contributed by atoms with van der Waals surface area (Å²) in [4.78, 5) is 59.9. The molecule has 11 atom stereocenters. The normalized spacial score (nSPS) is 37.9. The summed E-state index contributed by atoms with van der Waals surface area (Å²) in [7, 11) is 1.51. The summed E-state index contributed by atoms with van der Waals surface area (Å²) in [6, 6.07) is 9.24. The quantitative estimate of drug-likeness (QED) is 0.191. The van der Waals surface area contributed by atoms with Crippen molar-refractivity contribution >= 4 is 34.5 Å². The first-order chi connectivity index (χ1) is 24.6. The summed E-state index contributed by atoms with van der Waals surface area (Å²) in [5.41, 5.74) is -0.568. The van der Waals surface area contributed by atoms with Gasteiger partial charge in [0, 0.05) is 36.4 Å². The van der Waals surface area contributed by atoms with Gasteiger partial charge in [-0.1, -0.05) is 39.0 Å². The van der Waals surface area contributed by atoms with Gasteiger partial charge in [-0.2, -0.15) is 0 Å². The number of methoxy groups -OCH3 is 1. The van der Waals surface area contributed by atoms with E-state index >= 15 is 0 Å². The maximum atomic E-state index is 14.2. The molecule has 0 saturated carbocycles. The topological polar surface area (TPSA) is 149 Å². The highest BCUT2D eigenvalue weighted by atomic mass is 16.9. The van der Waals surface area contributed by atoms with Crippen molar-refractivity contribution in [1.82, 2.24) is 10.3 Å². The molecule has 12 nitrogen and oxygen atoms in total. The van der Waals surface area contributed by atoms with Gasteiger partial charge in [0.25, 0.3) is 6.48 Å². The van der Waals surface area contributed by atoms with Gasteiger partial charge in [0.2, 0.25) is 0 Å². The van der Waals surface area contributed by atoms with Gasteiger partial charge in [0.05, 0.1) is 29.4 Å². The average Bonchev–Trinajstić information content (AvgIpc) is 3.43. The Bertz CT molecular complexity index is 1610. The lowest BCUT2D eigenvalue weighted by Gasteiger charge is -2.44. The molecule has 1 amide bonds. The maximum absolute atomic E-state index is 14.2. The van der Waals surface area contributed by atoms with E-state index in [0.717, 1.165) is 29.3 Å². The van der Waals surface area contributed by atoms with Gasteiger partial charge in [-0.05, 0) is 90.8 Å². The number of rotatable bonds is 8. The van der Waals surface area contributed by atoms with E-state index in [-0.39, 0.29) is 24.4 Å². The summed E-state index contributed by atoms with van der Waals surface area (Å²) in [5.74, 6) is -4.71. The van der Waals surface area contributed by atoms with Crippen LogP contribution in [0.1, 0.15) is 93.1 Å². The van der Waals surface area contributed by atoms with E-state index in [0.29, 0.717) is 19.3 Å². The van der Waals surface area contributed by atoms with Gasteiger partial charge < -0.3 is 33.7 Å². The molecule has 286 valence electrons. The molecule has 12 heteroatoms. The fourth-order valence-electron chi connectivity index (χ4n) is 8.33. The number of hydrogen-bond acceptors (Lipinski definition) is 11. The number of aryl methyl sites for hydroxylation is 1. The molecule has 2 aromatic rings. The lowest BCUT2D eigenvalue weighted by molar-refractivity contribution is -0.373. The SMILES string of the molecule is CO[C@]1(C)C[C@@H](C)C(=O)[C@H](C)[C@H]2NC(=O)O[C@]2(C)[C@@H](CCCCc2cnc3ccccc3c2)OC(=O)[C@H](C)C(=O)[C@H](C)[C@H]1OC1OC(C)CC(C)O1. The average molecular weight is 725 g/mol. The second kappa shape index (κ2) is 16.3. The molecule has 3 aliphatic heterocycles. The van der Waals surface area contributed by atoms with E-state index in [1.54, 1.807) is 34.6 Å². The standard InChI is InChI=1S/C40H56N2O10/c1-22-20-39(7,47-9)35(51-38-48-23(2)18-24(3)49-38)26(5)33(44)27(6)36(45)50-31(40(8)34(25(4)32(22)43)42-37(46)52-40)17-13-10-14-28-19-29-15-11-12-16-30(29)41-21-28/h11-12,15-16,19,21-27,31,34-35,38H,10,13-14,17-18,20H2,1-9H3,(H,42,46)/t22-,23?,24?,25+,26+,27-,31-,34-,35-,38?,39-,40-/m1/s1. The zero-order valence-corrected chi connectivity index (χ0v) is 32.0. The van der Waals surface area contributed by atoms with Gasteiger partial charge in [-0.15, -0.1) is 0 Å². The molecule has 1 aromatic carbocycles. The number of carbonyl (C=O) groups excluding carboxylic acids is 4. The number of carbonyl (C=O) groups is 4. The summed E-state index contributed by atoms with van der Waals surface area (Å²) < 4.78 is 36.5. The van der Waals surface area contributed by atoms with Crippen molar-refractivity contribution in [3.63, 3.8) is 0 Å². The van der Waals surface area contributed by atoms with Crippen LogP contribution >= 0.6 is 0 Å². The molecule has 3 fully saturated rings. The van der Waals surface area contributed by atoms with Crippen LogP contribution in [-0.4, -0.2) is 83.9 Å². The number of amides is 1. The van der Waals surface area contributed by atoms with Crippen LogP contribution in [0.5, 0.6) is 0 Å². The van der Waals surface area contributed by atoms with E-state index in [1.165, 1.54) is 14.0 Å². The Hall–Kier alpha value is -3.45. The number of Topliss-reactive ketones (excluding diaryl/α,β-unsaturated/α-hetero) is 2. The second-order valence-corrected chi connectivity index (χ2v) is 15.6. The molecule has 4 heterocycles. The third-order valence-corrected chi connectivity index (χ3v) is 11.4. The molecule has 3 aliphatic rings. The number of esters is 1. The number of ketones is 2. The van der Waals surface area contributed by atoms with Crippen LogP contribution in [0.15, 0.2) is 36.5 Å². The first kappa shape index (κ1) is 39.8. The molecule has 52 heavy (non-hydrogen) atoms. The molecule has 0 aliphatic carbocycles. The third-order valence-electron chi connectivity index (χ3n) is 11.4. The molecule has 3 saturated heterocycles. The van der Waals surface area contributed by atoms with E-state index in [1.807, 2.05) is 44.3 Å². The smallest absolute Gasteiger partial charge is 0.408 e. The maximum Gasteiger partial charge on any atom is 0.408 e. The lowest BCUT2D eigenvalue weighted by atomic mass is 9.73. The zero-order chi connectivity index (χ0) is 38.0. The van der Waals surface area contributed by atoms with Gasteiger partial charge >= 0.3 is 12.1 Å². The third kappa shape index (κ3) is 8.51. The summed E-state index contributed by atoms with van der Waals surface area (Å²) in [5, 5.41) is 3.91. The Labute approximate surface area is 307 Å². The number of para-hydroxylation sites is 1. The molecule has 2 unspecified atom stereocenters. The summed E-state index contributed by atoms with van der Waals surface area (Å²) >= 11 is 0. The Morgan fingerprint density at radius 3 is 2.31 bits per heavy atom. The molecular formula is C40H56N2O10. The highest BCUT2D eigenvalue weighted by Crippen LogP contribution is 2.40. The fraction of sp³-hybridized carbons (Fsp3) is 0.675. The van der Waals surface area contributed by atoms with Crippen molar-refractivity contribution < 1.29 is 47.6 Å². The number of cyclic esters (lactones) is 1. The minimum absolute atomic E-state index is 0.144. The Kier molecular flexibility index (Phi) is 12.4. The number of nitrogens with zero attached hydrogens (tertiary/aromatic N) is 1. The van der Waals surface area contributed by atoms with Crippen LogP contribution in [0.3, 0.4) is 0 Å².